The van der Waals surface area contributed by atoms with E-state index in [2.05, 4.69) is 85.0 Å². The molecule has 22 nitrogen and oxygen atoms in total. The molecule has 5 aliphatic rings. The van der Waals surface area contributed by atoms with Crippen LogP contribution in [0.4, 0.5) is 15.0 Å². The molecule has 12 rings (SSSR count). The summed E-state index contributed by atoms with van der Waals surface area (Å²) in [6.07, 6.45) is 6.88. The van der Waals surface area contributed by atoms with Gasteiger partial charge in [-0.1, -0.05) is 33.8 Å². The molecule has 0 aliphatic carbocycles. The van der Waals surface area contributed by atoms with Crippen LogP contribution in [-0.4, -0.2) is 187 Å². The molecule has 93 heavy (non-hydrogen) atoms. The van der Waals surface area contributed by atoms with Crippen LogP contribution >= 0.6 is 68.0 Å². The number of carbonyl (C=O) groups excluding carboxylic acids is 5. The van der Waals surface area contributed by atoms with Crippen LogP contribution in [0.5, 0.6) is 0 Å². The summed E-state index contributed by atoms with van der Waals surface area (Å²) in [4.78, 5) is 101. The topological polar surface area (TPSA) is 255 Å². The van der Waals surface area contributed by atoms with Crippen molar-refractivity contribution in [1.29, 1.82) is 0 Å². The van der Waals surface area contributed by atoms with Gasteiger partial charge < -0.3 is 57.1 Å². The van der Waals surface area contributed by atoms with Crippen molar-refractivity contribution < 1.29 is 28.7 Å². The minimum absolute atomic E-state index is 0.0477. The smallest absolute Gasteiger partial charge is 0.273 e. The lowest BCUT2D eigenvalue weighted by atomic mass is 9.85. The number of thiophene rings is 3. The van der Waals surface area contributed by atoms with Gasteiger partial charge in [-0.3, -0.25) is 38.8 Å². The molecule has 0 saturated carbocycles. The van der Waals surface area contributed by atoms with Gasteiger partial charge in [0, 0.05) is 183 Å². The second-order valence-corrected chi connectivity index (χ2v) is 30.7. The normalized spacial score (nSPS) is 17.8. The summed E-state index contributed by atoms with van der Waals surface area (Å²) < 4.78 is 5.15. The number of fused-ring (bicyclic) bond motifs is 3. The standard InChI is InChI=1S/C65H84N16O6S6/c1-38(2)68-21-14-51(83)76-61-53(41-11-18-67-31-48(41)91-61)59-74-47(36-89-59)65(86)81-24-8-9-40(32-81)56-57-43(12-20-71-56)55(63(93-57)77-52(84)15-22-69-39(3)4)60-73-46(35-90-60)64(85)80-28-26-78(27-29-80)37-79-25-16-42-49(33-79)92-62(75-50(82)13-19-66-23-30-87-5)54(42)58-72-45(34-88-58)44-10-6-7-17-70-44/h6-7,10,17,34-36,38-40,56,66-69,71H,8-9,11-16,18-33,37H2,1-5H3,(H,75,82)(H,76,83)(H,77,84). The molecule has 8 N–H and O–H groups in total. The Balaban J connectivity index is 0.707. The van der Waals surface area contributed by atoms with E-state index in [4.69, 9.17) is 19.7 Å². The quantitative estimate of drug-likeness (QED) is 0.0236. The summed E-state index contributed by atoms with van der Waals surface area (Å²) in [5.74, 6) is -0.294. The largest absolute Gasteiger partial charge is 0.383 e. The van der Waals surface area contributed by atoms with Gasteiger partial charge in [0.25, 0.3) is 11.8 Å². The van der Waals surface area contributed by atoms with Crippen LogP contribution in [0.25, 0.3) is 43.1 Å². The van der Waals surface area contributed by atoms with Gasteiger partial charge in [0.1, 0.15) is 47.1 Å². The fourth-order valence-corrected chi connectivity index (χ4v) is 19.6. The van der Waals surface area contributed by atoms with Crippen LogP contribution in [0.2, 0.25) is 0 Å². The van der Waals surface area contributed by atoms with Gasteiger partial charge in [-0.25, -0.2) is 15.0 Å². The van der Waals surface area contributed by atoms with Gasteiger partial charge in [0.05, 0.1) is 19.0 Å². The SMILES string of the molecule is COCCNCCC(=O)Nc1sc2c(c1-c1nc(-c3ccccn3)cs1)CCN(CN1CCN(C(=O)c3csc(-c4c(NC(=O)CCNC(C)C)sc5c4CCNC5C4CCCN(C(=O)c5csc(-c6c(NC(=O)CCNC(C)C)sc7c6CCNC7)n5)C4)n3)CC1)C2. The molecule has 28 heteroatoms. The zero-order valence-electron chi connectivity index (χ0n) is 53.5. The number of anilines is 3. The van der Waals surface area contributed by atoms with Gasteiger partial charge in [0.2, 0.25) is 17.7 Å². The van der Waals surface area contributed by atoms with Crippen molar-refractivity contribution in [3.8, 4) is 43.1 Å². The number of rotatable bonds is 26. The molecule has 0 bridgehead atoms. The lowest BCUT2D eigenvalue weighted by Crippen LogP contribution is -2.52. The number of nitrogens with one attached hydrogen (secondary N) is 8. The third kappa shape index (κ3) is 16.2. The van der Waals surface area contributed by atoms with E-state index >= 15 is 0 Å². The van der Waals surface area contributed by atoms with Crippen LogP contribution in [0, 0.1) is 5.92 Å². The Morgan fingerprint density at radius 2 is 1.25 bits per heavy atom. The second kappa shape index (κ2) is 31.4. The highest BCUT2D eigenvalue weighted by Gasteiger charge is 2.39. The highest BCUT2D eigenvalue weighted by atomic mass is 32.1. The van der Waals surface area contributed by atoms with Gasteiger partial charge in [-0.15, -0.1) is 68.0 Å². The van der Waals surface area contributed by atoms with Gasteiger partial charge >= 0.3 is 0 Å². The summed E-state index contributed by atoms with van der Waals surface area (Å²) in [7, 11) is 1.66. The van der Waals surface area contributed by atoms with E-state index in [0.717, 1.165) is 128 Å². The molecule has 5 aliphatic heterocycles. The highest BCUT2D eigenvalue weighted by molar-refractivity contribution is 7.20. The summed E-state index contributed by atoms with van der Waals surface area (Å²) in [5.41, 5.74) is 8.83. The first-order valence-electron chi connectivity index (χ1n) is 32.5. The van der Waals surface area contributed by atoms with Crippen LogP contribution in [-0.2, 0) is 51.5 Å². The number of carbonyl (C=O) groups is 5. The van der Waals surface area contributed by atoms with Crippen molar-refractivity contribution in [1.82, 2.24) is 66.1 Å². The predicted molar refractivity (Wildman–Crippen MR) is 375 cm³/mol. The molecular formula is C65H84N16O6S6. The summed E-state index contributed by atoms with van der Waals surface area (Å²) >= 11 is 9.31. The molecule has 12 heterocycles. The second-order valence-electron chi connectivity index (χ2n) is 24.9. The molecular weight excluding hydrogens is 1290 g/mol. The van der Waals surface area contributed by atoms with Gasteiger partial charge in [-0.05, 0) is 79.9 Å². The number of thiazole rings is 3. The molecule has 496 valence electrons. The highest BCUT2D eigenvalue weighted by Crippen LogP contribution is 2.50. The molecule has 2 atom stereocenters. The molecule has 7 aromatic heterocycles. The minimum Gasteiger partial charge on any atom is -0.383 e. The number of pyridine rings is 1. The number of likely N-dealkylation sites (tertiary alicyclic amines) is 1. The molecule has 0 radical (unpaired) electrons. The van der Waals surface area contributed by atoms with E-state index in [9.17, 15) is 24.0 Å². The third-order valence-corrected chi connectivity index (χ3v) is 23.6. The van der Waals surface area contributed by atoms with Crippen LogP contribution in [0.1, 0.15) is 118 Å². The zero-order chi connectivity index (χ0) is 64.5. The van der Waals surface area contributed by atoms with E-state index in [1.807, 2.05) is 44.1 Å². The molecule has 2 saturated heterocycles. The van der Waals surface area contributed by atoms with Crippen molar-refractivity contribution in [2.24, 2.45) is 5.92 Å². The third-order valence-electron chi connectivity index (χ3n) is 17.5. The number of piperazine rings is 1. The Morgan fingerprint density at radius 1 is 0.634 bits per heavy atom. The summed E-state index contributed by atoms with van der Waals surface area (Å²) in [6.45, 7) is 19.6. The summed E-state index contributed by atoms with van der Waals surface area (Å²) in [6, 6.07) is 6.28. The van der Waals surface area contributed by atoms with Crippen molar-refractivity contribution in [3.63, 3.8) is 0 Å². The molecule has 5 amide bonds. The van der Waals surface area contributed by atoms with Crippen molar-refractivity contribution >= 4 is 113 Å². The van der Waals surface area contributed by atoms with Crippen LogP contribution in [0.3, 0.4) is 0 Å². The van der Waals surface area contributed by atoms with Gasteiger partial charge in [0.15, 0.2) is 0 Å². The minimum atomic E-state index is -0.0998. The number of hydrogen-bond acceptors (Lipinski definition) is 23. The maximum Gasteiger partial charge on any atom is 0.273 e. The molecule has 7 aromatic rings. The number of nitrogens with zero attached hydrogens (tertiary/aromatic N) is 8. The number of piperidine rings is 1. The Bertz CT molecular complexity index is 3750. The first-order chi connectivity index (χ1) is 45.2. The van der Waals surface area contributed by atoms with E-state index < -0.39 is 0 Å². The lowest BCUT2D eigenvalue weighted by molar-refractivity contribution is -0.116. The Hall–Kier alpha value is -5.83. The number of hydrogen-bond donors (Lipinski definition) is 8. The Morgan fingerprint density at radius 3 is 1.91 bits per heavy atom. The fraction of sp³-hybridized carbons (Fsp3) is 0.523. The lowest BCUT2D eigenvalue weighted by Gasteiger charge is -2.38. The Labute approximate surface area is 567 Å². The van der Waals surface area contributed by atoms with Crippen molar-refractivity contribution in [2.45, 2.75) is 110 Å². The van der Waals surface area contributed by atoms with E-state index in [1.54, 1.807) is 58.7 Å². The number of ether oxygens (including phenoxy) is 1. The average molecular weight is 1380 g/mol. The zero-order valence-corrected chi connectivity index (χ0v) is 58.4. The average Bonchev–Trinajstić information content (AvgIpc) is 1.65. The molecule has 2 fully saturated rings. The first-order valence-corrected chi connectivity index (χ1v) is 37.6. The maximum absolute atomic E-state index is 14.6. The summed E-state index contributed by atoms with van der Waals surface area (Å²) in [5, 5.41) is 37.5. The van der Waals surface area contributed by atoms with E-state index in [1.165, 1.54) is 43.6 Å². The van der Waals surface area contributed by atoms with E-state index in [-0.39, 0.29) is 53.6 Å². The fourth-order valence-electron chi connectivity index (χ4n) is 12.8. The molecule has 2 unspecified atom stereocenters. The Kier molecular flexibility index (Phi) is 22.7. The van der Waals surface area contributed by atoms with Crippen LogP contribution < -0.4 is 42.5 Å². The first kappa shape index (κ1) is 67.2. The van der Waals surface area contributed by atoms with E-state index in [0.29, 0.717) is 114 Å². The molecule has 0 aromatic carbocycles. The number of aromatic nitrogens is 4. The van der Waals surface area contributed by atoms with Gasteiger partial charge in [-0.2, -0.15) is 0 Å². The number of methoxy groups -OCH3 is 1. The monoisotopic (exact) mass is 1380 g/mol. The predicted octanol–water partition coefficient (Wildman–Crippen LogP) is 8.68. The van der Waals surface area contributed by atoms with Crippen molar-refractivity contribution in [2.75, 3.05) is 121 Å². The molecule has 0 spiro atoms. The van der Waals surface area contributed by atoms with Crippen molar-refractivity contribution in [3.05, 3.63) is 83.2 Å². The number of amides is 5. The van der Waals surface area contributed by atoms with Crippen LogP contribution in [0.15, 0.2) is 40.5 Å². The maximum atomic E-state index is 14.6.